The summed E-state index contributed by atoms with van der Waals surface area (Å²) in [7, 11) is 0. The molecular formula is C18H14O3. The number of Topliss-reactive ketones (excluding diaryl/α,β-unsaturated/α-hetero) is 3. The highest BCUT2D eigenvalue weighted by Crippen LogP contribution is 2.32. The maximum Gasteiger partial charge on any atom is 0.175 e. The molecule has 2 aromatic carbocycles. The molecule has 0 fully saturated rings. The summed E-state index contributed by atoms with van der Waals surface area (Å²) in [4.78, 5) is 37.6. The third-order valence-electron chi connectivity index (χ3n) is 3.99. The average Bonchev–Trinajstić information content (AvgIpc) is 2.53. The molecule has 2 atom stereocenters. The van der Waals surface area contributed by atoms with Gasteiger partial charge in [-0.05, 0) is 0 Å². The van der Waals surface area contributed by atoms with Crippen LogP contribution in [-0.2, 0) is 0 Å². The molecule has 0 amide bonds. The topological polar surface area (TPSA) is 51.2 Å². The second kappa shape index (κ2) is 5.09. The van der Waals surface area contributed by atoms with Gasteiger partial charge in [0.2, 0.25) is 0 Å². The maximum absolute atomic E-state index is 12.6. The molecule has 104 valence electrons. The zero-order chi connectivity index (χ0) is 15.0. The highest BCUT2D eigenvalue weighted by Gasteiger charge is 2.42. The Morgan fingerprint density at radius 3 is 1.95 bits per heavy atom. The highest BCUT2D eigenvalue weighted by molar-refractivity contribution is 6.25. The lowest BCUT2D eigenvalue weighted by Crippen LogP contribution is -2.39. The monoisotopic (exact) mass is 278 g/mol. The zero-order valence-electron chi connectivity index (χ0n) is 11.6. The molecule has 0 aromatic heterocycles. The molecular weight excluding hydrogens is 264 g/mol. The number of fused-ring (bicyclic) bond motifs is 1. The van der Waals surface area contributed by atoms with Crippen molar-refractivity contribution in [1.82, 2.24) is 0 Å². The molecule has 0 saturated carbocycles. The van der Waals surface area contributed by atoms with E-state index < -0.39 is 11.8 Å². The van der Waals surface area contributed by atoms with Crippen LogP contribution in [-0.4, -0.2) is 17.3 Å². The van der Waals surface area contributed by atoms with Crippen molar-refractivity contribution in [3.8, 4) is 0 Å². The van der Waals surface area contributed by atoms with Crippen molar-refractivity contribution in [2.75, 3.05) is 0 Å². The molecule has 0 saturated heterocycles. The van der Waals surface area contributed by atoms with E-state index in [9.17, 15) is 14.4 Å². The molecule has 3 rings (SSSR count). The average molecular weight is 278 g/mol. The van der Waals surface area contributed by atoms with Gasteiger partial charge in [-0.15, -0.1) is 0 Å². The molecule has 0 spiro atoms. The van der Waals surface area contributed by atoms with Crippen molar-refractivity contribution >= 4 is 17.3 Å². The quantitative estimate of drug-likeness (QED) is 0.626. The van der Waals surface area contributed by atoms with Gasteiger partial charge >= 0.3 is 0 Å². The van der Waals surface area contributed by atoms with Crippen LogP contribution in [0.15, 0.2) is 54.6 Å². The number of carbonyl (C=O) groups is 3. The predicted molar refractivity (Wildman–Crippen MR) is 78.5 cm³/mol. The third kappa shape index (κ3) is 2.11. The Labute approximate surface area is 122 Å². The van der Waals surface area contributed by atoms with E-state index in [1.807, 2.05) is 6.07 Å². The summed E-state index contributed by atoms with van der Waals surface area (Å²) in [5.41, 5.74) is 1.25. The fraction of sp³-hybridized carbons (Fsp3) is 0.167. The molecule has 0 radical (unpaired) electrons. The summed E-state index contributed by atoms with van der Waals surface area (Å²) in [6, 6.07) is 15.4. The second-order valence-corrected chi connectivity index (χ2v) is 5.27. The van der Waals surface area contributed by atoms with Crippen molar-refractivity contribution in [2.45, 2.75) is 6.92 Å². The van der Waals surface area contributed by atoms with Gasteiger partial charge in [-0.25, -0.2) is 0 Å². The van der Waals surface area contributed by atoms with Crippen LogP contribution >= 0.6 is 0 Å². The van der Waals surface area contributed by atoms with Gasteiger partial charge in [0.25, 0.3) is 0 Å². The number of carbonyl (C=O) groups excluding carboxylic acids is 3. The maximum atomic E-state index is 12.6. The molecule has 3 nitrogen and oxygen atoms in total. The fourth-order valence-corrected chi connectivity index (χ4v) is 2.83. The lowest BCUT2D eigenvalue weighted by Gasteiger charge is -2.27. The van der Waals surface area contributed by atoms with Crippen molar-refractivity contribution in [2.24, 2.45) is 11.8 Å². The normalized spacial score (nSPS) is 21.0. The minimum absolute atomic E-state index is 0.139. The van der Waals surface area contributed by atoms with E-state index in [1.54, 1.807) is 55.5 Å². The molecule has 0 heterocycles. The number of benzene rings is 2. The van der Waals surface area contributed by atoms with Gasteiger partial charge in [-0.3, -0.25) is 14.4 Å². The molecule has 2 aromatic rings. The van der Waals surface area contributed by atoms with E-state index in [-0.39, 0.29) is 17.3 Å². The minimum atomic E-state index is -0.921. The number of ketones is 3. The number of hydrogen-bond acceptors (Lipinski definition) is 3. The molecule has 0 N–H and O–H groups in total. The summed E-state index contributed by atoms with van der Waals surface area (Å²) in [6.07, 6.45) is 0. The van der Waals surface area contributed by atoms with Gasteiger partial charge < -0.3 is 0 Å². The van der Waals surface area contributed by atoms with Gasteiger partial charge in [0.15, 0.2) is 17.3 Å². The van der Waals surface area contributed by atoms with E-state index >= 15 is 0 Å². The largest absolute Gasteiger partial charge is 0.294 e. The fourth-order valence-electron chi connectivity index (χ4n) is 2.83. The van der Waals surface area contributed by atoms with E-state index in [4.69, 9.17) is 0 Å². The van der Waals surface area contributed by atoms with Crippen LogP contribution in [0, 0.1) is 11.8 Å². The van der Waals surface area contributed by atoms with E-state index in [0.29, 0.717) is 16.7 Å². The first-order chi connectivity index (χ1) is 10.1. The molecule has 2 unspecified atom stereocenters. The Morgan fingerprint density at radius 2 is 1.33 bits per heavy atom. The van der Waals surface area contributed by atoms with Gasteiger partial charge in [-0.2, -0.15) is 0 Å². The van der Waals surface area contributed by atoms with E-state index in [0.717, 1.165) is 0 Å². The Bertz CT molecular complexity index is 731. The summed E-state index contributed by atoms with van der Waals surface area (Å²) in [5, 5.41) is 0. The van der Waals surface area contributed by atoms with E-state index in [1.165, 1.54) is 0 Å². The lowest BCUT2D eigenvalue weighted by atomic mass is 9.72. The number of rotatable bonds is 2. The van der Waals surface area contributed by atoms with Crippen LogP contribution in [0.3, 0.4) is 0 Å². The minimum Gasteiger partial charge on any atom is -0.294 e. The second-order valence-electron chi connectivity index (χ2n) is 5.27. The third-order valence-corrected chi connectivity index (χ3v) is 3.99. The predicted octanol–water partition coefficient (Wildman–Crippen LogP) is 3.20. The Balaban J connectivity index is 2.07. The van der Waals surface area contributed by atoms with Crippen molar-refractivity contribution in [1.29, 1.82) is 0 Å². The number of hydrogen-bond donors (Lipinski definition) is 0. The van der Waals surface area contributed by atoms with Crippen LogP contribution < -0.4 is 0 Å². The smallest absolute Gasteiger partial charge is 0.175 e. The zero-order valence-corrected chi connectivity index (χ0v) is 11.6. The Morgan fingerprint density at radius 1 is 0.810 bits per heavy atom. The standard InChI is InChI=1S/C18H14O3/c1-11-15(17(20)12-7-3-2-4-8-12)18(21)14-10-6-5-9-13(14)16(11)19/h2-11,15H,1H3. The first-order valence-electron chi connectivity index (χ1n) is 6.88. The van der Waals surface area contributed by atoms with Gasteiger partial charge in [-0.1, -0.05) is 61.5 Å². The summed E-state index contributed by atoms with van der Waals surface area (Å²) in [6.45, 7) is 1.65. The lowest BCUT2D eigenvalue weighted by molar-refractivity contribution is 0.0673. The summed E-state index contributed by atoms with van der Waals surface area (Å²) < 4.78 is 0. The molecule has 0 aliphatic heterocycles. The Hall–Kier alpha value is -2.55. The first-order valence-corrected chi connectivity index (χ1v) is 6.88. The van der Waals surface area contributed by atoms with Crippen molar-refractivity contribution in [3.05, 3.63) is 71.3 Å². The van der Waals surface area contributed by atoms with Crippen molar-refractivity contribution in [3.63, 3.8) is 0 Å². The van der Waals surface area contributed by atoms with E-state index in [2.05, 4.69) is 0 Å². The molecule has 0 bridgehead atoms. The molecule has 1 aliphatic rings. The summed E-state index contributed by atoms with van der Waals surface area (Å²) in [5.74, 6) is -2.23. The van der Waals surface area contributed by atoms with Crippen LogP contribution in [0.5, 0.6) is 0 Å². The molecule has 3 heteroatoms. The van der Waals surface area contributed by atoms with Crippen LogP contribution in [0.25, 0.3) is 0 Å². The van der Waals surface area contributed by atoms with Crippen LogP contribution in [0.4, 0.5) is 0 Å². The summed E-state index contributed by atoms with van der Waals surface area (Å²) >= 11 is 0. The van der Waals surface area contributed by atoms with Crippen molar-refractivity contribution < 1.29 is 14.4 Å². The highest BCUT2D eigenvalue weighted by atomic mass is 16.2. The van der Waals surface area contributed by atoms with Gasteiger partial charge in [0.1, 0.15) is 0 Å². The molecule has 1 aliphatic carbocycles. The first kappa shape index (κ1) is 13.4. The molecule has 21 heavy (non-hydrogen) atoms. The van der Waals surface area contributed by atoms with Gasteiger partial charge in [0.05, 0.1) is 5.92 Å². The van der Waals surface area contributed by atoms with Crippen LogP contribution in [0.1, 0.15) is 38.0 Å². The van der Waals surface area contributed by atoms with Gasteiger partial charge in [0, 0.05) is 22.6 Å². The SMILES string of the molecule is CC1C(=O)c2ccccc2C(=O)C1C(=O)c1ccccc1. The Kier molecular flexibility index (Phi) is 3.26. The van der Waals surface area contributed by atoms with Crippen LogP contribution in [0.2, 0.25) is 0 Å².